The SMILES string of the molecule is CC(C)(NCc1cccc2ccccc12)c1ccc(Oc2cccc(N3CCNCC3)c2)s1. The summed E-state index contributed by atoms with van der Waals surface area (Å²) in [6.45, 7) is 9.40. The van der Waals surface area contributed by atoms with E-state index >= 15 is 0 Å². The third-order valence-electron chi connectivity index (χ3n) is 6.32. The van der Waals surface area contributed by atoms with Gasteiger partial charge in [0.15, 0.2) is 5.06 Å². The highest BCUT2D eigenvalue weighted by molar-refractivity contribution is 7.14. The quantitative estimate of drug-likeness (QED) is 0.350. The molecule has 0 radical (unpaired) electrons. The minimum absolute atomic E-state index is 0.161. The average molecular weight is 458 g/mol. The summed E-state index contributed by atoms with van der Waals surface area (Å²) < 4.78 is 6.25. The third kappa shape index (κ3) is 5.06. The van der Waals surface area contributed by atoms with E-state index in [0.29, 0.717) is 0 Å². The first-order valence-electron chi connectivity index (χ1n) is 11.6. The maximum atomic E-state index is 6.25. The van der Waals surface area contributed by atoms with Crippen LogP contribution in [0.4, 0.5) is 5.69 Å². The van der Waals surface area contributed by atoms with Crippen molar-refractivity contribution in [1.29, 1.82) is 0 Å². The highest BCUT2D eigenvalue weighted by Gasteiger charge is 2.23. The van der Waals surface area contributed by atoms with Crippen LogP contribution in [0.2, 0.25) is 0 Å². The van der Waals surface area contributed by atoms with Crippen molar-refractivity contribution in [3.63, 3.8) is 0 Å². The van der Waals surface area contributed by atoms with Gasteiger partial charge in [-0.1, -0.05) is 48.5 Å². The summed E-state index contributed by atoms with van der Waals surface area (Å²) in [6.07, 6.45) is 0. The lowest BCUT2D eigenvalue weighted by atomic mass is 10.0. The van der Waals surface area contributed by atoms with Crippen LogP contribution in [-0.2, 0) is 12.1 Å². The first-order chi connectivity index (χ1) is 16.1. The molecule has 0 bridgehead atoms. The Hall–Kier alpha value is -2.86. The number of hydrogen-bond donors (Lipinski definition) is 2. The monoisotopic (exact) mass is 457 g/mol. The molecule has 5 heteroatoms. The minimum Gasteiger partial charge on any atom is -0.447 e. The number of rotatable bonds is 7. The molecule has 1 saturated heterocycles. The Bertz CT molecular complexity index is 1220. The molecule has 0 aliphatic carbocycles. The lowest BCUT2D eigenvalue weighted by Gasteiger charge is -2.29. The van der Waals surface area contributed by atoms with Gasteiger partial charge in [-0.2, -0.15) is 0 Å². The van der Waals surface area contributed by atoms with Crippen molar-refractivity contribution in [3.8, 4) is 10.8 Å². The Morgan fingerprint density at radius 3 is 2.61 bits per heavy atom. The zero-order chi connectivity index (χ0) is 22.7. The van der Waals surface area contributed by atoms with Gasteiger partial charge in [0.2, 0.25) is 0 Å². The fraction of sp³-hybridized carbons (Fsp3) is 0.286. The van der Waals surface area contributed by atoms with Crippen LogP contribution in [0.15, 0.2) is 78.9 Å². The summed E-state index contributed by atoms with van der Waals surface area (Å²) in [6, 6.07) is 27.8. The van der Waals surface area contributed by atoms with Crippen molar-refractivity contribution in [2.24, 2.45) is 0 Å². The van der Waals surface area contributed by atoms with E-state index in [2.05, 4.69) is 102 Å². The first kappa shape index (κ1) is 22.0. The number of thiophene rings is 1. The number of nitrogens with one attached hydrogen (secondary N) is 2. The number of hydrogen-bond acceptors (Lipinski definition) is 5. The number of piperazine rings is 1. The molecule has 0 saturated carbocycles. The van der Waals surface area contributed by atoms with Crippen molar-refractivity contribution in [2.45, 2.75) is 25.9 Å². The molecule has 4 aromatic rings. The second-order valence-corrected chi connectivity index (χ2v) is 10.1. The third-order valence-corrected chi connectivity index (χ3v) is 7.60. The fourth-order valence-corrected chi connectivity index (χ4v) is 5.30. The molecule has 0 spiro atoms. The topological polar surface area (TPSA) is 36.5 Å². The second kappa shape index (κ2) is 9.56. The summed E-state index contributed by atoms with van der Waals surface area (Å²) in [5, 5.41) is 10.7. The number of benzene rings is 3. The standard InChI is InChI=1S/C28H31N3OS/c1-28(2,30-20-22-9-5-8-21-7-3-4-12-25(21)22)26-13-14-27(33-26)32-24-11-6-10-23(19-24)31-17-15-29-16-18-31/h3-14,19,29-30H,15-18,20H2,1-2H3. The number of fused-ring (bicyclic) bond motifs is 1. The molecule has 1 aliphatic rings. The van der Waals surface area contributed by atoms with Gasteiger partial charge < -0.3 is 20.3 Å². The van der Waals surface area contributed by atoms with Crippen LogP contribution in [-0.4, -0.2) is 26.2 Å². The Morgan fingerprint density at radius 2 is 1.73 bits per heavy atom. The molecule has 0 atom stereocenters. The zero-order valence-corrected chi connectivity index (χ0v) is 20.1. The van der Waals surface area contributed by atoms with E-state index in [1.54, 1.807) is 11.3 Å². The molecule has 2 N–H and O–H groups in total. The van der Waals surface area contributed by atoms with E-state index in [9.17, 15) is 0 Å². The van der Waals surface area contributed by atoms with Crippen LogP contribution >= 0.6 is 11.3 Å². The second-order valence-electron chi connectivity index (χ2n) is 9.07. The normalized spacial score (nSPS) is 14.5. The predicted molar refractivity (Wildman–Crippen MR) is 140 cm³/mol. The van der Waals surface area contributed by atoms with Gasteiger partial charge in [0, 0.05) is 54.9 Å². The van der Waals surface area contributed by atoms with Gasteiger partial charge in [-0.05, 0) is 54.4 Å². The molecule has 170 valence electrons. The zero-order valence-electron chi connectivity index (χ0n) is 19.3. The van der Waals surface area contributed by atoms with Crippen LogP contribution in [0.1, 0.15) is 24.3 Å². The Kier molecular flexibility index (Phi) is 6.36. The first-order valence-corrected chi connectivity index (χ1v) is 12.5. The largest absolute Gasteiger partial charge is 0.447 e. The Morgan fingerprint density at radius 1 is 0.939 bits per heavy atom. The Labute approximate surface area is 200 Å². The minimum atomic E-state index is -0.161. The van der Waals surface area contributed by atoms with Gasteiger partial charge in [0.1, 0.15) is 5.75 Å². The van der Waals surface area contributed by atoms with Gasteiger partial charge in [0.25, 0.3) is 0 Å². The maximum Gasteiger partial charge on any atom is 0.181 e. The summed E-state index contributed by atoms with van der Waals surface area (Å²) in [5.74, 6) is 0.890. The van der Waals surface area contributed by atoms with E-state index in [4.69, 9.17) is 4.74 Å². The van der Waals surface area contributed by atoms with Crippen molar-refractivity contribution >= 4 is 27.8 Å². The number of ether oxygens (including phenoxy) is 1. The molecule has 2 heterocycles. The van der Waals surface area contributed by atoms with Crippen molar-refractivity contribution in [3.05, 3.63) is 89.3 Å². The molecule has 33 heavy (non-hydrogen) atoms. The van der Waals surface area contributed by atoms with Gasteiger partial charge in [-0.15, -0.1) is 11.3 Å². The molecule has 0 unspecified atom stereocenters. The van der Waals surface area contributed by atoms with E-state index in [0.717, 1.165) is 43.5 Å². The van der Waals surface area contributed by atoms with Crippen molar-refractivity contribution in [1.82, 2.24) is 10.6 Å². The van der Waals surface area contributed by atoms with E-state index < -0.39 is 0 Å². The van der Waals surface area contributed by atoms with Crippen molar-refractivity contribution in [2.75, 3.05) is 31.1 Å². The van der Waals surface area contributed by atoms with Crippen LogP contribution in [0.25, 0.3) is 10.8 Å². The molecular formula is C28H31N3OS. The summed E-state index contributed by atoms with van der Waals surface area (Å²) in [7, 11) is 0. The molecule has 5 rings (SSSR count). The molecule has 0 amide bonds. The van der Waals surface area contributed by atoms with Crippen LogP contribution in [0, 0.1) is 0 Å². The molecule has 1 aromatic heterocycles. The molecule has 1 fully saturated rings. The van der Waals surface area contributed by atoms with E-state index in [1.165, 1.54) is 26.9 Å². The molecule has 3 aromatic carbocycles. The fourth-order valence-electron chi connectivity index (χ4n) is 4.34. The summed E-state index contributed by atoms with van der Waals surface area (Å²) >= 11 is 1.71. The van der Waals surface area contributed by atoms with Crippen molar-refractivity contribution < 1.29 is 4.74 Å². The van der Waals surface area contributed by atoms with Crippen LogP contribution in [0.3, 0.4) is 0 Å². The van der Waals surface area contributed by atoms with Gasteiger partial charge in [-0.3, -0.25) is 0 Å². The summed E-state index contributed by atoms with van der Waals surface area (Å²) in [4.78, 5) is 3.67. The van der Waals surface area contributed by atoms with E-state index in [1.807, 2.05) is 6.07 Å². The predicted octanol–water partition coefficient (Wildman–Crippen LogP) is 6.13. The lowest BCUT2D eigenvalue weighted by Crippen LogP contribution is -2.43. The highest BCUT2D eigenvalue weighted by Crippen LogP contribution is 2.36. The van der Waals surface area contributed by atoms with E-state index in [-0.39, 0.29) is 5.54 Å². The number of anilines is 1. The maximum absolute atomic E-state index is 6.25. The van der Waals surface area contributed by atoms with Crippen LogP contribution < -0.4 is 20.3 Å². The average Bonchev–Trinajstić information content (AvgIpc) is 3.33. The Balaban J connectivity index is 1.27. The molecule has 4 nitrogen and oxygen atoms in total. The smallest absolute Gasteiger partial charge is 0.181 e. The van der Waals surface area contributed by atoms with Gasteiger partial charge in [0.05, 0.1) is 0 Å². The lowest BCUT2D eigenvalue weighted by molar-refractivity contribution is 0.410. The van der Waals surface area contributed by atoms with Gasteiger partial charge >= 0.3 is 0 Å². The number of nitrogens with zero attached hydrogens (tertiary/aromatic N) is 1. The summed E-state index contributed by atoms with van der Waals surface area (Å²) in [5.41, 5.74) is 2.38. The highest BCUT2D eigenvalue weighted by atomic mass is 32.1. The molecular weight excluding hydrogens is 426 g/mol. The van der Waals surface area contributed by atoms with Gasteiger partial charge in [-0.25, -0.2) is 0 Å². The molecule has 1 aliphatic heterocycles. The van der Waals surface area contributed by atoms with Crippen LogP contribution in [0.5, 0.6) is 10.8 Å².